The lowest BCUT2D eigenvalue weighted by Crippen LogP contribution is -2.54. The van der Waals surface area contributed by atoms with Gasteiger partial charge in [-0.25, -0.2) is 0 Å². The van der Waals surface area contributed by atoms with Gasteiger partial charge < -0.3 is 4.74 Å². The lowest BCUT2D eigenvalue weighted by molar-refractivity contribution is -0.122. The van der Waals surface area contributed by atoms with E-state index < -0.39 is 11.8 Å². The Morgan fingerprint density at radius 2 is 1.88 bits per heavy atom. The van der Waals surface area contributed by atoms with Crippen LogP contribution in [0.15, 0.2) is 52.5 Å². The quantitative estimate of drug-likeness (QED) is 0.436. The molecule has 0 saturated carbocycles. The van der Waals surface area contributed by atoms with E-state index in [0.717, 1.165) is 4.47 Å². The second kappa shape index (κ2) is 7.57. The topological polar surface area (TPSA) is 58.6 Å². The molecule has 1 aliphatic rings. The van der Waals surface area contributed by atoms with Crippen LogP contribution in [0.4, 0.5) is 5.69 Å². The van der Waals surface area contributed by atoms with E-state index >= 15 is 0 Å². The smallest absolute Gasteiger partial charge is 0.270 e. The maximum absolute atomic E-state index is 12.9. The molecule has 0 unspecified atom stereocenters. The highest BCUT2D eigenvalue weighted by atomic mass is 79.9. The fourth-order valence-electron chi connectivity index (χ4n) is 2.46. The molecule has 0 atom stereocenters. The Morgan fingerprint density at radius 1 is 1.19 bits per heavy atom. The predicted octanol–water partition coefficient (Wildman–Crippen LogP) is 3.94. The minimum Gasteiger partial charge on any atom is -0.496 e. The summed E-state index contributed by atoms with van der Waals surface area (Å²) in [7, 11) is 1.50. The molecule has 0 spiro atoms. The van der Waals surface area contributed by atoms with Gasteiger partial charge in [0.05, 0.1) is 12.8 Å². The molecule has 8 heteroatoms. The van der Waals surface area contributed by atoms with E-state index in [4.69, 9.17) is 28.6 Å². The average Bonchev–Trinajstić information content (AvgIpc) is 2.60. The molecule has 1 saturated heterocycles. The highest BCUT2D eigenvalue weighted by Crippen LogP contribution is 2.28. The average molecular weight is 452 g/mol. The van der Waals surface area contributed by atoms with Gasteiger partial charge in [0.25, 0.3) is 11.8 Å². The normalized spacial score (nSPS) is 16.0. The van der Waals surface area contributed by atoms with E-state index in [9.17, 15) is 9.59 Å². The SMILES string of the molecule is COc1ccc(Cl)cc1/C=C1\C(=O)NC(=S)N(c2ccc(Br)cc2)C1=O. The summed E-state index contributed by atoms with van der Waals surface area (Å²) < 4.78 is 6.13. The Labute approximate surface area is 168 Å². The van der Waals surface area contributed by atoms with Gasteiger partial charge in [0.1, 0.15) is 11.3 Å². The monoisotopic (exact) mass is 450 g/mol. The number of anilines is 1. The van der Waals surface area contributed by atoms with Crippen LogP contribution in [-0.4, -0.2) is 24.0 Å². The van der Waals surface area contributed by atoms with Gasteiger partial charge in [-0.1, -0.05) is 27.5 Å². The molecule has 2 aromatic rings. The van der Waals surface area contributed by atoms with Crippen LogP contribution in [0, 0.1) is 0 Å². The van der Waals surface area contributed by atoms with Gasteiger partial charge in [-0.05, 0) is 60.8 Å². The molecule has 1 aliphatic heterocycles. The Kier molecular flexibility index (Phi) is 5.41. The number of nitrogens with zero attached hydrogens (tertiary/aromatic N) is 1. The van der Waals surface area contributed by atoms with Gasteiger partial charge in [-0.3, -0.25) is 19.8 Å². The molecule has 1 N–H and O–H groups in total. The molecule has 0 bridgehead atoms. The molecule has 1 fully saturated rings. The standard InChI is InChI=1S/C18H12BrClN2O3S/c1-25-15-7-4-12(20)8-10(15)9-14-16(23)21-18(26)22(17(14)24)13-5-2-11(19)3-6-13/h2-9H,1H3,(H,21,23,26)/b14-9+. The number of amides is 2. The molecule has 0 aromatic heterocycles. The summed E-state index contributed by atoms with van der Waals surface area (Å²) in [6.07, 6.45) is 1.44. The Hall–Kier alpha value is -2.22. The molecule has 3 rings (SSSR count). The number of thiocarbonyl (C=S) groups is 1. The fourth-order valence-corrected chi connectivity index (χ4v) is 3.18. The van der Waals surface area contributed by atoms with Crippen molar-refractivity contribution in [2.75, 3.05) is 12.0 Å². The van der Waals surface area contributed by atoms with Crippen molar-refractivity contribution in [2.45, 2.75) is 0 Å². The number of benzene rings is 2. The molecular formula is C18H12BrClN2O3S. The summed E-state index contributed by atoms with van der Waals surface area (Å²) in [4.78, 5) is 26.6. The number of ether oxygens (including phenoxy) is 1. The number of rotatable bonds is 3. The number of nitrogens with one attached hydrogen (secondary N) is 1. The van der Waals surface area contributed by atoms with E-state index in [0.29, 0.717) is 22.0 Å². The molecule has 2 aromatic carbocycles. The Bertz CT molecular complexity index is 944. The van der Waals surface area contributed by atoms with Crippen LogP contribution >= 0.6 is 39.7 Å². The van der Waals surface area contributed by atoms with E-state index in [2.05, 4.69) is 21.2 Å². The van der Waals surface area contributed by atoms with Crippen LogP contribution in [0.1, 0.15) is 5.56 Å². The summed E-state index contributed by atoms with van der Waals surface area (Å²) in [6.45, 7) is 0. The van der Waals surface area contributed by atoms with Crippen LogP contribution in [0.2, 0.25) is 5.02 Å². The first-order valence-corrected chi connectivity index (χ1v) is 8.99. The Balaban J connectivity index is 2.06. The van der Waals surface area contributed by atoms with Crippen LogP contribution in [-0.2, 0) is 9.59 Å². The number of carbonyl (C=O) groups excluding carboxylic acids is 2. The molecule has 5 nitrogen and oxygen atoms in total. The van der Waals surface area contributed by atoms with E-state index in [1.54, 1.807) is 42.5 Å². The summed E-state index contributed by atoms with van der Waals surface area (Å²) in [6, 6.07) is 12.0. The molecule has 132 valence electrons. The molecule has 2 amide bonds. The number of hydrogen-bond acceptors (Lipinski definition) is 4. The first-order chi connectivity index (χ1) is 12.4. The van der Waals surface area contributed by atoms with Crippen molar-refractivity contribution >= 4 is 68.4 Å². The molecule has 26 heavy (non-hydrogen) atoms. The van der Waals surface area contributed by atoms with Crippen LogP contribution in [0.25, 0.3) is 6.08 Å². The summed E-state index contributed by atoms with van der Waals surface area (Å²) in [5, 5.41) is 3.02. The maximum atomic E-state index is 12.9. The van der Waals surface area contributed by atoms with Crippen molar-refractivity contribution in [3.63, 3.8) is 0 Å². The second-order valence-corrected chi connectivity index (χ2v) is 7.06. The predicted molar refractivity (Wildman–Crippen MR) is 108 cm³/mol. The maximum Gasteiger partial charge on any atom is 0.270 e. The number of hydrogen-bond donors (Lipinski definition) is 1. The zero-order valence-corrected chi connectivity index (χ0v) is 16.6. The minimum atomic E-state index is -0.574. The van der Waals surface area contributed by atoms with Crippen molar-refractivity contribution in [3.8, 4) is 5.75 Å². The van der Waals surface area contributed by atoms with Crippen LogP contribution < -0.4 is 15.0 Å². The fraction of sp³-hybridized carbons (Fsp3) is 0.0556. The lowest BCUT2D eigenvalue weighted by Gasteiger charge is -2.29. The second-order valence-electron chi connectivity index (χ2n) is 5.32. The third-order valence-electron chi connectivity index (χ3n) is 3.68. The van der Waals surface area contributed by atoms with Crippen molar-refractivity contribution in [2.24, 2.45) is 0 Å². The largest absolute Gasteiger partial charge is 0.496 e. The zero-order chi connectivity index (χ0) is 18.8. The van der Waals surface area contributed by atoms with E-state index in [-0.39, 0.29) is 10.7 Å². The van der Waals surface area contributed by atoms with Crippen LogP contribution in [0.3, 0.4) is 0 Å². The molecular weight excluding hydrogens is 440 g/mol. The van der Waals surface area contributed by atoms with Gasteiger partial charge in [-0.2, -0.15) is 0 Å². The van der Waals surface area contributed by atoms with Gasteiger partial charge in [0, 0.05) is 15.1 Å². The highest BCUT2D eigenvalue weighted by Gasteiger charge is 2.34. The molecule has 0 aliphatic carbocycles. The first kappa shape index (κ1) is 18.6. The minimum absolute atomic E-state index is 0.0255. The molecule has 0 radical (unpaired) electrons. The van der Waals surface area contributed by atoms with Crippen molar-refractivity contribution in [1.29, 1.82) is 0 Å². The van der Waals surface area contributed by atoms with Crippen molar-refractivity contribution in [3.05, 3.63) is 63.1 Å². The lowest BCUT2D eigenvalue weighted by atomic mass is 10.1. The number of halogens is 2. The first-order valence-electron chi connectivity index (χ1n) is 7.41. The van der Waals surface area contributed by atoms with E-state index in [1.165, 1.54) is 18.1 Å². The van der Waals surface area contributed by atoms with Gasteiger partial charge >= 0.3 is 0 Å². The summed E-state index contributed by atoms with van der Waals surface area (Å²) >= 11 is 14.5. The summed E-state index contributed by atoms with van der Waals surface area (Å²) in [5.41, 5.74) is 0.997. The number of carbonyl (C=O) groups is 2. The van der Waals surface area contributed by atoms with Crippen LogP contribution in [0.5, 0.6) is 5.75 Å². The van der Waals surface area contributed by atoms with Gasteiger partial charge in [0.2, 0.25) is 0 Å². The van der Waals surface area contributed by atoms with Crippen molar-refractivity contribution in [1.82, 2.24) is 5.32 Å². The van der Waals surface area contributed by atoms with Crippen molar-refractivity contribution < 1.29 is 14.3 Å². The highest BCUT2D eigenvalue weighted by molar-refractivity contribution is 9.10. The molecule has 1 heterocycles. The third kappa shape index (κ3) is 3.65. The zero-order valence-electron chi connectivity index (χ0n) is 13.5. The number of methoxy groups -OCH3 is 1. The van der Waals surface area contributed by atoms with E-state index in [1.807, 2.05) is 0 Å². The summed E-state index contributed by atoms with van der Waals surface area (Å²) in [5.74, 6) is -0.607. The third-order valence-corrected chi connectivity index (χ3v) is 4.73. The van der Waals surface area contributed by atoms with Gasteiger partial charge in [-0.15, -0.1) is 0 Å². The van der Waals surface area contributed by atoms with Gasteiger partial charge in [0.15, 0.2) is 5.11 Å². The Morgan fingerprint density at radius 3 is 2.54 bits per heavy atom.